The van der Waals surface area contributed by atoms with Crippen LogP contribution in [0, 0.1) is 0 Å². The van der Waals surface area contributed by atoms with Crippen LogP contribution < -0.4 is 5.32 Å². The standard InChI is InChI=1S/C15H13BrN2S/c1-17-15(11-6-14(16)19-9-11)13-8-18-7-10-4-2-3-5-12(10)13/h2-9,15,17H,1H3. The summed E-state index contributed by atoms with van der Waals surface area (Å²) in [5.74, 6) is 0. The first-order chi connectivity index (χ1) is 9.29. The summed E-state index contributed by atoms with van der Waals surface area (Å²) in [4.78, 5) is 4.37. The summed E-state index contributed by atoms with van der Waals surface area (Å²) in [6.45, 7) is 0. The molecule has 0 bridgehead atoms. The fraction of sp³-hybridized carbons (Fsp3) is 0.133. The van der Waals surface area contributed by atoms with Gasteiger partial charge in [0.05, 0.1) is 9.83 Å². The average molecular weight is 333 g/mol. The van der Waals surface area contributed by atoms with Crippen LogP contribution in [0.1, 0.15) is 17.2 Å². The Kier molecular flexibility index (Phi) is 3.64. The van der Waals surface area contributed by atoms with Gasteiger partial charge in [-0.2, -0.15) is 0 Å². The summed E-state index contributed by atoms with van der Waals surface area (Å²) in [5.41, 5.74) is 2.48. The van der Waals surface area contributed by atoms with E-state index in [2.05, 4.69) is 55.9 Å². The molecule has 0 aliphatic carbocycles. The number of pyridine rings is 1. The van der Waals surface area contributed by atoms with Gasteiger partial charge in [0, 0.05) is 17.8 Å². The van der Waals surface area contributed by atoms with Gasteiger partial charge in [0.1, 0.15) is 0 Å². The number of hydrogen-bond donors (Lipinski definition) is 1. The van der Waals surface area contributed by atoms with Gasteiger partial charge in [-0.1, -0.05) is 24.3 Å². The third-order valence-electron chi connectivity index (χ3n) is 3.22. The van der Waals surface area contributed by atoms with Gasteiger partial charge in [-0.15, -0.1) is 11.3 Å². The minimum absolute atomic E-state index is 0.168. The summed E-state index contributed by atoms with van der Waals surface area (Å²) in [5, 5.41) is 7.98. The van der Waals surface area contributed by atoms with Crippen molar-refractivity contribution in [2.24, 2.45) is 0 Å². The van der Waals surface area contributed by atoms with E-state index in [0.29, 0.717) is 0 Å². The third-order valence-corrected chi connectivity index (χ3v) is 4.74. The van der Waals surface area contributed by atoms with Gasteiger partial charge in [0.15, 0.2) is 0 Å². The molecule has 1 aromatic carbocycles. The molecular weight excluding hydrogens is 320 g/mol. The molecule has 1 unspecified atom stereocenters. The van der Waals surface area contributed by atoms with Crippen molar-refractivity contribution >= 4 is 38.0 Å². The molecule has 0 amide bonds. The van der Waals surface area contributed by atoms with E-state index in [1.165, 1.54) is 21.9 Å². The third kappa shape index (κ3) is 2.43. The van der Waals surface area contributed by atoms with Gasteiger partial charge in [-0.3, -0.25) is 4.98 Å². The number of nitrogens with zero attached hydrogens (tertiary/aromatic N) is 1. The molecule has 19 heavy (non-hydrogen) atoms. The number of benzene rings is 1. The van der Waals surface area contributed by atoms with Gasteiger partial charge in [-0.25, -0.2) is 0 Å². The molecule has 0 saturated carbocycles. The van der Waals surface area contributed by atoms with Crippen LogP contribution in [0.5, 0.6) is 0 Å². The largest absolute Gasteiger partial charge is 0.309 e. The van der Waals surface area contributed by atoms with Gasteiger partial charge in [0.25, 0.3) is 0 Å². The molecule has 0 spiro atoms. The van der Waals surface area contributed by atoms with E-state index in [1.807, 2.05) is 25.5 Å². The molecule has 2 aromatic heterocycles. The van der Waals surface area contributed by atoms with E-state index in [9.17, 15) is 0 Å². The molecule has 96 valence electrons. The molecule has 3 aromatic rings. The topological polar surface area (TPSA) is 24.9 Å². The maximum Gasteiger partial charge on any atom is 0.0701 e. The maximum absolute atomic E-state index is 4.37. The van der Waals surface area contributed by atoms with Crippen LogP contribution in [0.2, 0.25) is 0 Å². The van der Waals surface area contributed by atoms with Crippen LogP contribution in [0.15, 0.2) is 51.9 Å². The molecule has 0 radical (unpaired) electrons. The van der Waals surface area contributed by atoms with Crippen LogP contribution in [0.3, 0.4) is 0 Å². The summed E-state index contributed by atoms with van der Waals surface area (Å²) >= 11 is 5.23. The Bertz CT molecular complexity index is 703. The smallest absolute Gasteiger partial charge is 0.0701 e. The zero-order valence-corrected chi connectivity index (χ0v) is 12.8. The molecule has 3 rings (SSSR count). The SMILES string of the molecule is CNC(c1csc(Br)c1)c1cncc2ccccc12. The van der Waals surface area contributed by atoms with Crippen LogP contribution in [0.25, 0.3) is 10.8 Å². The second-order valence-corrected chi connectivity index (χ2v) is 6.65. The fourth-order valence-corrected chi connectivity index (χ4v) is 3.55. The molecule has 0 fully saturated rings. The molecule has 1 atom stereocenters. The number of halogens is 1. The van der Waals surface area contributed by atoms with Crippen molar-refractivity contribution in [2.45, 2.75) is 6.04 Å². The van der Waals surface area contributed by atoms with Gasteiger partial charge in [-0.05, 0) is 50.9 Å². The number of hydrogen-bond acceptors (Lipinski definition) is 3. The van der Waals surface area contributed by atoms with E-state index in [0.717, 1.165) is 3.79 Å². The number of aromatic nitrogens is 1. The second-order valence-electron chi connectivity index (χ2n) is 4.36. The van der Waals surface area contributed by atoms with Crippen LogP contribution in [-0.2, 0) is 0 Å². The molecule has 0 aliphatic heterocycles. The predicted molar refractivity (Wildman–Crippen MR) is 84.7 cm³/mol. The van der Waals surface area contributed by atoms with Crippen molar-refractivity contribution < 1.29 is 0 Å². The Morgan fingerprint density at radius 1 is 1.26 bits per heavy atom. The Morgan fingerprint density at radius 3 is 2.84 bits per heavy atom. The highest BCUT2D eigenvalue weighted by molar-refractivity contribution is 9.11. The van der Waals surface area contributed by atoms with Crippen LogP contribution >= 0.6 is 27.3 Å². The Balaban J connectivity index is 2.16. The first kappa shape index (κ1) is 12.8. The fourth-order valence-electron chi connectivity index (χ4n) is 2.35. The predicted octanol–water partition coefficient (Wildman–Crippen LogP) is 4.37. The highest BCUT2D eigenvalue weighted by atomic mass is 79.9. The monoisotopic (exact) mass is 332 g/mol. The summed E-state index contributed by atoms with van der Waals surface area (Å²) in [6.07, 6.45) is 3.87. The first-order valence-electron chi connectivity index (χ1n) is 6.03. The highest BCUT2D eigenvalue weighted by Crippen LogP contribution is 2.32. The molecule has 0 saturated heterocycles. The lowest BCUT2D eigenvalue weighted by atomic mass is 9.98. The van der Waals surface area contributed by atoms with E-state index in [4.69, 9.17) is 0 Å². The summed E-state index contributed by atoms with van der Waals surface area (Å²) in [7, 11) is 1.98. The van der Waals surface area contributed by atoms with E-state index in [1.54, 1.807) is 11.3 Å². The highest BCUT2D eigenvalue weighted by Gasteiger charge is 2.16. The second kappa shape index (κ2) is 5.41. The zero-order chi connectivity index (χ0) is 13.2. The molecular formula is C15H13BrN2S. The van der Waals surface area contributed by atoms with Crippen LogP contribution in [0.4, 0.5) is 0 Å². The lowest BCUT2D eigenvalue weighted by Gasteiger charge is -2.17. The van der Waals surface area contributed by atoms with Crippen molar-refractivity contribution in [3.63, 3.8) is 0 Å². The zero-order valence-electron chi connectivity index (χ0n) is 10.4. The van der Waals surface area contributed by atoms with E-state index in [-0.39, 0.29) is 6.04 Å². The van der Waals surface area contributed by atoms with Crippen molar-refractivity contribution in [3.8, 4) is 0 Å². The van der Waals surface area contributed by atoms with Gasteiger partial charge < -0.3 is 5.32 Å². The van der Waals surface area contributed by atoms with Gasteiger partial charge in [0.2, 0.25) is 0 Å². The van der Waals surface area contributed by atoms with Crippen molar-refractivity contribution in [1.29, 1.82) is 0 Å². The molecule has 4 heteroatoms. The first-order valence-corrected chi connectivity index (χ1v) is 7.70. The van der Waals surface area contributed by atoms with Crippen LogP contribution in [-0.4, -0.2) is 12.0 Å². The lowest BCUT2D eigenvalue weighted by Crippen LogP contribution is -2.17. The quantitative estimate of drug-likeness (QED) is 0.770. The lowest BCUT2D eigenvalue weighted by molar-refractivity contribution is 0.696. The molecule has 2 nitrogen and oxygen atoms in total. The maximum atomic E-state index is 4.37. The Morgan fingerprint density at radius 2 is 2.11 bits per heavy atom. The number of thiophene rings is 1. The number of nitrogens with one attached hydrogen (secondary N) is 1. The van der Waals surface area contributed by atoms with E-state index < -0.39 is 0 Å². The Hall–Kier alpha value is -1.23. The summed E-state index contributed by atoms with van der Waals surface area (Å²) in [6, 6.07) is 10.7. The van der Waals surface area contributed by atoms with Crippen molar-refractivity contribution in [1.82, 2.24) is 10.3 Å². The van der Waals surface area contributed by atoms with Gasteiger partial charge >= 0.3 is 0 Å². The molecule has 0 aliphatic rings. The summed E-state index contributed by atoms with van der Waals surface area (Å²) < 4.78 is 1.15. The van der Waals surface area contributed by atoms with E-state index >= 15 is 0 Å². The molecule has 2 heterocycles. The minimum Gasteiger partial charge on any atom is -0.309 e. The molecule has 1 N–H and O–H groups in total. The normalized spacial score (nSPS) is 12.7. The Labute approximate surface area is 124 Å². The number of rotatable bonds is 3. The van der Waals surface area contributed by atoms with Crippen molar-refractivity contribution in [3.05, 3.63) is 63.0 Å². The minimum atomic E-state index is 0.168. The average Bonchev–Trinajstić information content (AvgIpc) is 2.86. The number of fused-ring (bicyclic) bond motifs is 1. The van der Waals surface area contributed by atoms with Crippen molar-refractivity contribution in [2.75, 3.05) is 7.05 Å².